The van der Waals surface area contributed by atoms with E-state index in [0.717, 1.165) is 57.7 Å². The molecule has 0 spiro atoms. The van der Waals surface area contributed by atoms with Gasteiger partial charge >= 0.3 is 5.97 Å². The molecule has 0 rings (SSSR count). The summed E-state index contributed by atoms with van der Waals surface area (Å²) in [7, 11) is 0. The summed E-state index contributed by atoms with van der Waals surface area (Å²) in [6.07, 6.45) is 40.7. The average Bonchev–Trinajstić information content (AvgIpc) is 3.16. The standard InChI is InChI=1S/C35H71NO3.C12H24O2/c1-4-7-10-13-17-22-27-34(28-23-18-14-11-8-5-2)39-35(38)29-24-19-16-21-26-31-36(32-33-37)30-25-20-15-12-9-6-3;1-3-5-7-12(8-6-4-2)9-10-14-11-13/h34,37H,4-33H2,1-3H3;11-12H,3-10H2,1-2H3. The third kappa shape index (κ3) is 43.5. The molecule has 0 atom stereocenters. The molecule has 0 amide bonds. The summed E-state index contributed by atoms with van der Waals surface area (Å²) in [6, 6.07) is 0. The van der Waals surface area contributed by atoms with Crippen LogP contribution < -0.4 is 0 Å². The van der Waals surface area contributed by atoms with Crippen LogP contribution in [0.3, 0.4) is 0 Å². The van der Waals surface area contributed by atoms with Crippen molar-refractivity contribution in [3.05, 3.63) is 0 Å². The van der Waals surface area contributed by atoms with Crippen molar-refractivity contribution in [1.82, 2.24) is 4.90 Å². The molecule has 0 saturated carbocycles. The van der Waals surface area contributed by atoms with Crippen LogP contribution in [0.25, 0.3) is 0 Å². The fraction of sp³-hybridized carbons (Fsp3) is 0.957. The Kier molecular flexibility index (Phi) is 47.9. The molecule has 0 aromatic carbocycles. The lowest BCUT2D eigenvalue weighted by Crippen LogP contribution is -2.29. The lowest BCUT2D eigenvalue weighted by molar-refractivity contribution is -0.150. The molecule has 0 fully saturated rings. The zero-order chi connectivity index (χ0) is 39.3. The van der Waals surface area contributed by atoms with Crippen molar-refractivity contribution in [1.29, 1.82) is 0 Å². The van der Waals surface area contributed by atoms with Gasteiger partial charge in [-0.3, -0.25) is 9.59 Å². The Morgan fingerprint density at radius 3 is 1.36 bits per heavy atom. The van der Waals surface area contributed by atoms with Gasteiger partial charge < -0.3 is 19.5 Å². The predicted molar refractivity (Wildman–Crippen MR) is 230 cm³/mol. The van der Waals surface area contributed by atoms with Gasteiger partial charge in [0.05, 0.1) is 13.2 Å². The summed E-state index contributed by atoms with van der Waals surface area (Å²) in [5.74, 6) is 0.792. The molecule has 0 aromatic rings. The van der Waals surface area contributed by atoms with E-state index in [0.29, 0.717) is 19.5 Å². The van der Waals surface area contributed by atoms with Crippen LogP contribution in [0, 0.1) is 5.92 Å². The molecular formula is C47H95NO5. The minimum atomic E-state index is 0.0324. The van der Waals surface area contributed by atoms with Crippen LogP contribution >= 0.6 is 0 Å². The summed E-state index contributed by atoms with van der Waals surface area (Å²) in [5.41, 5.74) is 0. The van der Waals surface area contributed by atoms with E-state index in [1.807, 2.05) is 0 Å². The first-order chi connectivity index (χ1) is 26.0. The molecule has 0 aliphatic carbocycles. The Morgan fingerprint density at radius 1 is 0.509 bits per heavy atom. The lowest BCUT2D eigenvalue weighted by Gasteiger charge is -2.21. The molecule has 0 aromatic heterocycles. The van der Waals surface area contributed by atoms with E-state index in [-0.39, 0.29) is 18.7 Å². The second-order valence-corrected chi connectivity index (χ2v) is 16.0. The van der Waals surface area contributed by atoms with E-state index in [1.54, 1.807) is 0 Å². The molecule has 1 N–H and O–H groups in total. The van der Waals surface area contributed by atoms with Gasteiger partial charge in [0.1, 0.15) is 6.10 Å². The van der Waals surface area contributed by atoms with Crippen molar-refractivity contribution in [2.45, 2.75) is 253 Å². The first-order valence-corrected chi connectivity index (χ1v) is 23.6. The Morgan fingerprint density at radius 2 is 0.925 bits per heavy atom. The van der Waals surface area contributed by atoms with Crippen molar-refractivity contribution in [2.75, 3.05) is 32.8 Å². The van der Waals surface area contributed by atoms with Gasteiger partial charge in [0.25, 0.3) is 6.47 Å². The number of hydrogen-bond acceptors (Lipinski definition) is 6. The van der Waals surface area contributed by atoms with E-state index in [2.05, 4.69) is 39.5 Å². The molecule has 53 heavy (non-hydrogen) atoms. The summed E-state index contributed by atoms with van der Waals surface area (Å²) in [4.78, 5) is 25.0. The average molecular weight is 754 g/mol. The maximum Gasteiger partial charge on any atom is 0.306 e. The van der Waals surface area contributed by atoms with Crippen molar-refractivity contribution < 1.29 is 24.2 Å². The van der Waals surface area contributed by atoms with E-state index in [4.69, 9.17) is 9.47 Å². The van der Waals surface area contributed by atoms with Crippen molar-refractivity contribution in [2.24, 2.45) is 5.92 Å². The number of ether oxygens (including phenoxy) is 2. The van der Waals surface area contributed by atoms with Crippen molar-refractivity contribution in [3.63, 3.8) is 0 Å². The van der Waals surface area contributed by atoms with E-state index in [1.165, 1.54) is 173 Å². The molecular weight excluding hydrogens is 659 g/mol. The smallest absolute Gasteiger partial charge is 0.306 e. The second-order valence-electron chi connectivity index (χ2n) is 16.0. The van der Waals surface area contributed by atoms with Gasteiger partial charge in [-0.05, 0) is 70.4 Å². The highest BCUT2D eigenvalue weighted by Gasteiger charge is 2.14. The maximum absolute atomic E-state index is 12.6. The molecule has 318 valence electrons. The quantitative estimate of drug-likeness (QED) is 0.0380. The number of nitrogens with zero attached hydrogens (tertiary/aromatic N) is 1. The van der Waals surface area contributed by atoms with E-state index >= 15 is 0 Å². The van der Waals surface area contributed by atoms with E-state index in [9.17, 15) is 14.7 Å². The Hall–Kier alpha value is -1.14. The zero-order valence-corrected chi connectivity index (χ0v) is 36.6. The van der Waals surface area contributed by atoms with Crippen molar-refractivity contribution >= 4 is 12.4 Å². The molecule has 0 heterocycles. The topological polar surface area (TPSA) is 76.1 Å². The SMILES string of the molecule is CCCCC(CCCC)CCOC=O.CCCCCCCCC(CCCCCCCC)OC(=O)CCCCCCCN(CCO)CCCCCCCC. The Bertz CT molecular complexity index is 680. The largest absolute Gasteiger partial charge is 0.468 e. The zero-order valence-electron chi connectivity index (χ0n) is 36.6. The summed E-state index contributed by atoms with van der Waals surface area (Å²) >= 11 is 0. The van der Waals surface area contributed by atoms with Crippen LogP contribution in [-0.2, 0) is 19.1 Å². The van der Waals surface area contributed by atoms with Gasteiger partial charge in [0, 0.05) is 13.0 Å². The fourth-order valence-corrected chi connectivity index (χ4v) is 7.24. The minimum absolute atomic E-state index is 0.0324. The highest BCUT2D eigenvalue weighted by molar-refractivity contribution is 5.69. The number of carbonyl (C=O) groups is 2. The summed E-state index contributed by atoms with van der Waals surface area (Å²) in [5, 5.41) is 9.39. The van der Waals surface area contributed by atoms with Gasteiger partial charge in [-0.2, -0.15) is 0 Å². The molecule has 0 bridgehead atoms. The highest BCUT2D eigenvalue weighted by Crippen LogP contribution is 2.20. The van der Waals surface area contributed by atoms with Crippen LogP contribution in [0.4, 0.5) is 0 Å². The van der Waals surface area contributed by atoms with Crippen LogP contribution in [0.1, 0.15) is 247 Å². The first kappa shape index (κ1) is 54.0. The number of carbonyl (C=O) groups excluding carboxylic acids is 2. The minimum Gasteiger partial charge on any atom is -0.468 e. The lowest BCUT2D eigenvalue weighted by atomic mass is 9.93. The van der Waals surface area contributed by atoms with Crippen LogP contribution in [0.5, 0.6) is 0 Å². The molecule has 0 unspecified atom stereocenters. The normalized spacial score (nSPS) is 11.3. The third-order valence-electron chi connectivity index (χ3n) is 10.8. The molecule has 0 aliphatic heterocycles. The Labute approximate surface area is 332 Å². The van der Waals surface area contributed by atoms with Crippen LogP contribution in [0.2, 0.25) is 0 Å². The number of hydrogen-bond donors (Lipinski definition) is 1. The first-order valence-electron chi connectivity index (χ1n) is 23.6. The second kappa shape index (κ2) is 47.0. The maximum atomic E-state index is 12.6. The van der Waals surface area contributed by atoms with Gasteiger partial charge in [0.2, 0.25) is 0 Å². The van der Waals surface area contributed by atoms with E-state index < -0.39 is 0 Å². The molecule has 0 saturated heterocycles. The number of aliphatic hydroxyl groups is 1. The summed E-state index contributed by atoms with van der Waals surface area (Å²) in [6.45, 7) is 15.7. The number of esters is 1. The van der Waals surface area contributed by atoms with Gasteiger partial charge in [-0.15, -0.1) is 0 Å². The summed E-state index contributed by atoms with van der Waals surface area (Å²) < 4.78 is 10.7. The fourth-order valence-electron chi connectivity index (χ4n) is 7.24. The monoisotopic (exact) mass is 754 g/mol. The Balaban J connectivity index is 0. The van der Waals surface area contributed by atoms with Crippen LogP contribution in [0.15, 0.2) is 0 Å². The third-order valence-corrected chi connectivity index (χ3v) is 10.8. The number of aliphatic hydroxyl groups excluding tert-OH is 1. The van der Waals surface area contributed by atoms with Gasteiger partial charge in [-0.25, -0.2) is 0 Å². The van der Waals surface area contributed by atoms with Crippen LogP contribution in [-0.4, -0.2) is 61.4 Å². The number of unbranched alkanes of at least 4 members (excludes halogenated alkanes) is 21. The van der Waals surface area contributed by atoms with Crippen molar-refractivity contribution in [3.8, 4) is 0 Å². The number of rotatable bonds is 42. The predicted octanol–water partition coefficient (Wildman–Crippen LogP) is 13.9. The molecule has 0 aliphatic rings. The molecule has 6 nitrogen and oxygen atoms in total. The highest BCUT2D eigenvalue weighted by atomic mass is 16.5. The molecule has 0 radical (unpaired) electrons. The molecule has 6 heteroatoms. The van der Waals surface area contributed by atoms with Gasteiger partial charge in [0.15, 0.2) is 0 Å². The van der Waals surface area contributed by atoms with Gasteiger partial charge in [-0.1, -0.05) is 189 Å².